The van der Waals surface area contributed by atoms with Crippen LogP contribution >= 0.6 is 0 Å². The summed E-state index contributed by atoms with van der Waals surface area (Å²) in [5.74, 6) is -2.95. The predicted molar refractivity (Wildman–Crippen MR) is 75.9 cm³/mol. The SMILES string of the molecule is OCC(Cc1ccccc1)NCc1cc(F)c(O)c(F)c1. The zero-order chi connectivity index (χ0) is 15.2. The number of hydrogen-bond donors (Lipinski definition) is 3. The van der Waals surface area contributed by atoms with Gasteiger partial charge in [-0.1, -0.05) is 30.3 Å². The molecule has 0 spiro atoms. The third-order valence-electron chi connectivity index (χ3n) is 3.22. The lowest BCUT2D eigenvalue weighted by Crippen LogP contribution is -2.34. The molecule has 112 valence electrons. The van der Waals surface area contributed by atoms with E-state index >= 15 is 0 Å². The molecular weight excluding hydrogens is 276 g/mol. The normalized spacial score (nSPS) is 12.3. The molecule has 1 unspecified atom stereocenters. The zero-order valence-electron chi connectivity index (χ0n) is 11.4. The molecule has 0 radical (unpaired) electrons. The van der Waals surface area contributed by atoms with Crippen molar-refractivity contribution in [3.63, 3.8) is 0 Å². The van der Waals surface area contributed by atoms with E-state index in [4.69, 9.17) is 5.11 Å². The number of hydrogen-bond acceptors (Lipinski definition) is 3. The molecule has 0 amide bonds. The number of aliphatic hydroxyl groups is 1. The van der Waals surface area contributed by atoms with E-state index < -0.39 is 17.4 Å². The van der Waals surface area contributed by atoms with Crippen molar-refractivity contribution in [3.8, 4) is 5.75 Å². The third kappa shape index (κ3) is 4.24. The predicted octanol–water partition coefficient (Wildman–Crippen LogP) is 2.36. The van der Waals surface area contributed by atoms with Gasteiger partial charge in [0, 0.05) is 12.6 Å². The smallest absolute Gasteiger partial charge is 0.187 e. The van der Waals surface area contributed by atoms with Crippen molar-refractivity contribution in [1.29, 1.82) is 0 Å². The Labute approximate surface area is 121 Å². The highest BCUT2D eigenvalue weighted by atomic mass is 19.1. The Bertz CT molecular complexity index is 567. The van der Waals surface area contributed by atoms with E-state index in [1.807, 2.05) is 30.3 Å². The van der Waals surface area contributed by atoms with Crippen LogP contribution in [-0.4, -0.2) is 22.9 Å². The topological polar surface area (TPSA) is 52.5 Å². The van der Waals surface area contributed by atoms with Crippen LogP contribution in [0.1, 0.15) is 11.1 Å². The second kappa shape index (κ2) is 7.15. The highest BCUT2D eigenvalue weighted by molar-refractivity contribution is 5.30. The van der Waals surface area contributed by atoms with Gasteiger partial charge >= 0.3 is 0 Å². The van der Waals surface area contributed by atoms with Gasteiger partial charge in [0.25, 0.3) is 0 Å². The molecule has 2 aromatic rings. The van der Waals surface area contributed by atoms with E-state index in [0.29, 0.717) is 12.0 Å². The van der Waals surface area contributed by atoms with Crippen molar-refractivity contribution in [1.82, 2.24) is 5.32 Å². The Kier molecular flexibility index (Phi) is 5.25. The number of halogens is 2. The van der Waals surface area contributed by atoms with Gasteiger partial charge in [-0.3, -0.25) is 0 Å². The maximum absolute atomic E-state index is 13.2. The van der Waals surface area contributed by atoms with Gasteiger partial charge in [0.15, 0.2) is 17.4 Å². The fourth-order valence-corrected chi connectivity index (χ4v) is 2.08. The van der Waals surface area contributed by atoms with E-state index in [2.05, 4.69) is 5.32 Å². The first-order valence-corrected chi connectivity index (χ1v) is 6.65. The van der Waals surface area contributed by atoms with E-state index in [1.165, 1.54) is 0 Å². The minimum absolute atomic E-state index is 0.0854. The lowest BCUT2D eigenvalue weighted by molar-refractivity contribution is 0.240. The highest BCUT2D eigenvalue weighted by Gasteiger charge is 2.12. The molecule has 0 aliphatic carbocycles. The number of aliphatic hydroxyl groups excluding tert-OH is 1. The Hall–Kier alpha value is -1.98. The van der Waals surface area contributed by atoms with Gasteiger partial charge in [-0.2, -0.15) is 0 Å². The zero-order valence-corrected chi connectivity index (χ0v) is 11.4. The summed E-state index contributed by atoms with van der Waals surface area (Å²) >= 11 is 0. The molecule has 0 fully saturated rings. The minimum atomic E-state index is -0.990. The molecule has 2 rings (SSSR count). The first kappa shape index (κ1) is 15.4. The summed E-state index contributed by atoms with van der Waals surface area (Å²) in [4.78, 5) is 0. The summed E-state index contributed by atoms with van der Waals surface area (Å²) < 4.78 is 26.5. The van der Waals surface area contributed by atoms with E-state index in [1.54, 1.807) is 0 Å². The molecule has 0 saturated carbocycles. The summed E-state index contributed by atoms with van der Waals surface area (Å²) in [6.45, 7) is 0.115. The summed E-state index contributed by atoms with van der Waals surface area (Å²) in [6.07, 6.45) is 0.611. The van der Waals surface area contributed by atoms with E-state index in [0.717, 1.165) is 17.7 Å². The second-order valence-electron chi connectivity index (χ2n) is 4.86. The molecule has 3 nitrogen and oxygen atoms in total. The maximum Gasteiger partial charge on any atom is 0.187 e. The van der Waals surface area contributed by atoms with E-state index in [9.17, 15) is 13.9 Å². The molecule has 0 heterocycles. The lowest BCUT2D eigenvalue weighted by Gasteiger charge is -2.16. The molecule has 0 aliphatic heterocycles. The summed E-state index contributed by atoms with van der Waals surface area (Å²) in [6, 6.07) is 11.6. The van der Waals surface area contributed by atoms with Crippen LogP contribution in [0.15, 0.2) is 42.5 Å². The van der Waals surface area contributed by atoms with Crippen molar-refractivity contribution in [3.05, 3.63) is 65.2 Å². The Morgan fingerprint density at radius 2 is 1.62 bits per heavy atom. The molecular formula is C16H17F2NO2. The van der Waals surface area contributed by atoms with Gasteiger partial charge in [-0.05, 0) is 29.7 Å². The molecule has 0 bridgehead atoms. The van der Waals surface area contributed by atoms with Crippen LogP contribution in [0.2, 0.25) is 0 Å². The van der Waals surface area contributed by atoms with E-state index in [-0.39, 0.29) is 19.2 Å². The number of phenols is 1. The molecule has 0 aromatic heterocycles. The van der Waals surface area contributed by atoms with Crippen LogP contribution in [-0.2, 0) is 13.0 Å². The average Bonchev–Trinajstić information content (AvgIpc) is 2.49. The van der Waals surface area contributed by atoms with Gasteiger partial charge in [-0.25, -0.2) is 8.78 Å². The van der Waals surface area contributed by atoms with Crippen molar-refractivity contribution >= 4 is 0 Å². The summed E-state index contributed by atoms with van der Waals surface area (Å²) in [7, 11) is 0. The molecule has 1 atom stereocenters. The number of aromatic hydroxyl groups is 1. The minimum Gasteiger partial charge on any atom is -0.503 e. The molecule has 5 heteroatoms. The largest absolute Gasteiger partial charge is 0.503 e. The second-order valence-corrected chi connectivity index (χ2v) is 4.86. The fourth-order valence-electron chi connectivity index (χ4n) is 2.08. The lowest BCUT2D eigenvalue weighted by atomic mass is 10.1. The Morgan fingerprint density at radius 1 is 1.00 bits per heavy atom. The monoisotopic (exact) mass is 293 g/mol. The fraction of sp³-hybridized carbons (Fsp3) is 0.250. The van der Waals surface area contributed by atoms with Crippen molar-refractivity contribution in [2.24, 2.45) is 0 Å². The van der Waals surface area contributed by atoms with Crippen LogP contribution < -0.4 is 5.32 Å². The quantitative estimate of drug-likeness (QED) is 0.766. The van der Waals surface area contributed by atoms with Crippen molar-refractivity contribution < 1.29 is 19.0 Å². The molecule has 2 aromatic carbocycles. The molecule has 3 N–H and O–H groups in total. The third-order valence-corrected chi connectivity index (χ3v) is 3.22. The van der Waals surface area contributed by atoms with Crippen LogP contribution in [0.3, 0.4) is 0 Å². The maximum atomic E-state index is 13.2. The van der Waals surface area contributed by atoms with Crippen molar-refractivity contribution in [2.75, 3.05) is 6.61 Å². The highest BCUT2D eigenvalue weighted by Crippen LogP contribution is 2.21. The summed E-state index contributed by atoms with van der Waals surface area (Å²) in [5, 5.41) is 21.4. The van der Waals surface area contributed by atoms with Crippen molar-refractivity contribution in [2.45, 2.75) is 19.0 Å². The van der Waals surface area contributed by atoms with Crippen LogP contribution in [0.4, 0.5) is 8.78 Å². The molecule has 21 heavy (non-hydrogen) atoms. The van der Waals surface area contributed by atoms with Gasteiger partial charge in [-0.15, -0.1) is 0 Å². The average molecular weight is 293 g/mol. The molecule has 0 saturated heterocycles. The van der Waals surface area contributed by atoms with Gasteiger partial charge in [0.05, 0.1) is 6.61 Å². The number of rotatable bonds is 6. The first-order valence-electron chi connectivity index (χ1n) is 6.65. The van der Waals surface area contributed by atoms with Gasteiger partial charge in [0.1, 0.15) is 0 Å². The number of benzene rings is 2. The Morgan fingerprint density at radius 3 is 2.19 bits per heavy atom. The van der Waals surface area contributed by atoms with Gasteiger partial charge < -0.3 is 15.5 Å². The van der Waals surface area contributed by atoms with Crippen LogP contribution in [0, 0.1) is 11.6 Å². The van der Waals surface area contributed by atoms with Crippen LogP contribution in [0.25, 0.3) is 0 Å². The summed E-state index contributed by atoms with van der Waals surface area (Å²) in [5.41, 5.74) is 1.43. The Balaban J connectivity index is 1.97. The van der Waals surface area contributed by atoms with Gasteiger partial charge in [0.2, 0.25) is 0 Å². The number of phenolic OH excluding ortho intramolecular Hbond substituents is 1. The standard InChI is InChI=1S/C16H17F2NO2/c17-14-7-12(8-15(18)16(14)21)9-19-13(10-20)6-11-4-2-1-3-5-11/h1-5,7-8,13,19-21H,6,9-10H2. The first-order chi connectivity index (χ1) is 10.1. The molecule has 0 aliphatic rings. The number of nitrogens with one attached hydrogen (secondary N) is 1. The van der Waals surface area contributed by atoms with Crippen LogP contribution in [0.5, 0.6) is 5.75 Å².